The Morgan fingerprint density at radius 3 is 2.20 bits per heavy atom. The van der Waals surface area contributed by atoms with Crippen LogP contribution >= 0.6 is 0 Å². The highest BCUT2D eigenvalue weighted by atomic mass is 16.2. The van der Waals surface area contributed by atoms with E-state index in [0.717, 1.165) is 50.4 Å². The zero-order chi connectivity index (χ0) is 18.2. The smallest absolute Gasteiger partial charge is 0.279 e. The number of carbonyl (C=O) groups is 2. The van der Waals surface area contributed by atoms with Gasteiger partial charge in [-0.1, -0.05) is 19.1 Å². The summed E-state index contributed by atoms with van der Waals surface area (Å²) in [5.41, 5.74) is 3.21. The van der Waals surface area contributed by atoms with E-state index in [-0.39, 0.29) is 11.8 Å². The molecular weight excluding hydrogens is 316 g/mol. The topological polar surface area (TPSA) is 67.1 Å². The number of benzene rings is 1. The van der Waals surface area contributed by atoms with E-state index in [0.29, 0.717) is 13.1 Å². The Labute approximate surface area is 150 Å². The SMILES string of the molecule is CCCNC(=O)C[NH+]1CC[NH+](CC(=O)Nc2cccc(C)c2C)CC1. The maximum Gasteiger partial charge on any atom is 0.279 e. The second-order valence-electron chi connectivity index (χ2n) is 7.00. The average Bonchev–Trinajstić information content (AvgIpc) is 2.59. The number of quaternary nitrogens is 2. The molecule has 0 bridgehead atoms. The standard InChI is InChI=1S/C19H30N4O2/c1-4-8-20-18(24)13-22-9-11-23(12-10-22)14-19(25)21-17-7-5-6-15(2)16(17)3/h5-7H,4,8-14H2,1-3H3,(H,20,24)(H,21,25)/p+2. The molecule has 2 amide bonds. The Morgan fingerprint density at radius 2 is 1.60 bits per heavy atom. The summed E-state index contributed by atoms with van der Waals surface area (Å²) in [4.78, 5) is 26.7. The summed E-state index contributed by atoms with van der Waals surface area (Å²) in [6.07, 6.45) is 0.967. The lowest BCUT2D eigenvalue weighted by Gasteiger charge is -2.29. The highest BCUT2D eigenvalue weighted by Gasteiger charge is 2.26. The third-order valence-electron chi connectivity index (χ3n) is 4.94. The zero-order valence-corrected chi connectivity index (χ0v) is 15.7. The largest absolute Gasteiger partial charge is 0.351 e. The van der Waals surface area contributed by atoms with Gasteiger partial charge in [-0.2, -0.15) is 0 Å². The van der Waals surface area contributed by atoms with E-state index in [1.165, 1.54) is 15.4 Å². The van der Waals surface area contributed by atoms with E-state index >= 15 is 0 Å². The molecule has 4 N–H and O–H groups in total. The summed E-state index contributed by atoms with van der Waals surface area (Å²) in [6, 6.07) is 5.97. The first-order valence-electron chi connectivity index (χ1n) is 9.29. The molecule has 0 atom stereocenters. The van der Waals surface area contributed by atoms with Gasteiger partial charge in [-0.05, 0) is 37.5 Å². The van der Waals surface area contributed by atoms with Gasteiger partial charge in [-0.15, -0.1) is 0 Å². The molecule has 0 spiro atoms. The average molecular weight is 348 g/mol. The molecule has 1 saturated heterocycles. The molecule has 1 aliphatic heterocycles. The molecule has 0 aliphatic carbocycles. The van der Waals surface area contributed by atoms with Crippen molar-refractivity contribution in [3.63, 3.8) is 0 Å². The van der Waals surface area contributed by atoms with E-state index in [1.807, 2.05) is 19.1 Å². The molecule has 1 heterocycles. The molecule has 0 aromatic heterocycles. The summed E-state index contributed by atoms with van der Waals surface area (Å²) >= 11 is 0. The number of rotatable bonds is 7. The Bertz CT molecular complexity index is 595. The van der Waals surface area contributed by atoms with Gasteiger partial charge in [0.25, 0.3) is 11.8 Å². The normalized spacial score (nSPS) is 20.1. The number of carbonyl (C=O) groups excluding carboxylic acids is 2. The minimum atomic E-state index is 0.0628. The predicted octanol–water partition coefficient (Wildman–Crippen LogP) is -1.45. The van der Waals surface area contributed by atoms with Crippen LogP contribution in [0.4, 0.5) is 5.69 Å². The summed E-state index contributed by atoms with van der Waals surface area (Å²) in [6.45, 7) is 11.6. The first kappa shape index (κ1) is 19.4. The van der Waals surface area contributed by atoms with Crippen molar-refractivity contribution in [2.24, 2.45) is 0 Å². The molecule has 1 aromatic rings. The van der Waals surface area contributed by atoms with Crippen LogP contribution in [0.3, 0.4) is 0 Å². The Morgan fingerprint density at radius 1 is 1.00 bits per heavy atom. The predicted molar refractivity (Wildman–Crippen MR) is 99.0 cm³/mol. The van der Waals surface area contributed by atoms with E-state index in [9.17, 15) is 9.59 Å². The highest BCUT2D eigenvalue weighted by molar-refractivity contribution is 5.92. The van der Waals surface area contributed by atoms with E-state index in [4.69, 9.17) is 0 Å². The van der Waals surface area contributed by atoms with Crippen LogP contribution in [-0.2, 0) is 9.59 Å². The van der Waals surface area contributed by atoms with Crippen molar-refractivity contribution in [3.8, 4) is 0 Å². The number of hydrogen-bond acceptors (Lipinski definition) is 2. The third-order valence-corrected chi connectivity index (χ3v) is 4.94. The van der Waals surface area contributed by atoms with Crippen molar-refractivity contribution in [1.82, 2.24) is 5.32 Å². The van der Waals surface area contributed by atoms with Crippen molar-refractivity contribution in [2.45, 2.75) is 27.2 Å². The highest BCUT2D eigenvalue weighted by Crippen LogP contribution is 2.17. The fraction of sp³-hybridized carbons (Fsp3) is 0.579. The molecule has 6 nitrogen and oxygen atoms in total. The van der Waals surface area contributed by atoms with Crippen molar-refractivity contribution in [3.05, 3.63) is 29.3 Å². The molecule has 6 heteroatoms. The van der Waals surface area contributed by atoms with Crippen LogP contribution in [0.2, 0.25) is 0 Å². The first-order valence-corrected chi connectivity index (χ1v) is 9.29. The van der Waals surface area contributed by atoms with Crippen LogP contribution in [0.5, 0.6) is 0 Å². The lowest BCUT2D eigenvalue weighted by atomic mass is 10.1. The summed E-state index contributed by atoms with van der Waals surface area (Å²) in [7, 11) is 0. The van der Waals surface area contributed by atoms with Gasteiger partial charge in [0, 0.05) is 12.2 Å². The fourth-order valence-electron chi connectivity index (χ4n) is 3.17. The number of nitrogens with one attached hydrogen (secondary N) is 4. The van der Waals surface area contributed by atoms with Gasteiger partial charge in [0.1, 0.15) is 26.2 Å². The quantitative estimate of drug-likeness (QED) is 0.487. The summed E-state index contributed by atoms with van der Waals surface area (Å²) < 4.78 is 0. The number of aryl methyl sites for hydroxylation is 1. The van der Waals surface area contributed by atoms with Crippen LogP contribution < -0.4 is 20.4 Å². The minimum absolute atomic E-state index is 0.0628. The molecule has 1 aliphatic rings. The molecule has 1 aromatic carbocycles. The van der Waals surface area contributed by atoms with Gasteiger partial charge in [-0.3, -0.25) is 9.59 Å². The summed E-state index contributed by atoms with van der Waals surface area (Å²) in [5, 5.41) is 5.96. The van der Waals surface area contributed by atoms with Crippen molar-refractivity contribution < 1.29 is 19.4 Å². The van der Waals surface area contributed by atoms with Crippen LogP contribution in [-0.4, -0.2) is 57.6 Å². The van der Waals surface area contributed by atoms with Crippen LogP contribution in [0.15, 0.2) is 18.2 Å². The van der Waals surface area contributed by atoms with Gasteiger partial charge in [0.05, 0.1) is 0 Å². The van der Waals surface area contributed by atoms with Crippen molar-refractivity contribution in [2.75, 3.05) is 51.1 Å². The second kappa shape index (κ2) is 9.53. The number of amides is 2. The zero-order valence-electron chi connectivity index (χ0n) is 15.7. The molecule has 1 fully saturated rings. The Kier molecular flexibility index (Phi) is 7.40. The van der Waals surface area contributed by atoms with E-state index < -0.39 is 0 Å². The van der Waals surface area contributed by atoms with Gasteiger partial charge >= 0.3 is 0 Å². The molecule has 0 radical (unpaired) electrons. The maximum atomic E-state index is 12.3. The van der Waals surface area contributed by atoms with Crippen molar-refractivity contribution in [1.29, 1.82) is 0 Å². The van der Waals surface area contributed by atoms with Gasteiger partial charge in [-0.25, -0.2) is 0 Å². The van der Waals surface area contributed by atoms with Crippen LogP contribution in [0.25, 0.3) is 0 Å². The van der Waals surface area contributed by atoms with Crippen LogP contribution in [0.1, 0.15) is 24.5 Å². The lowest BCUT2D eigenvalue weighted by Crippen LogP contribution is -3.28. The minimum Gasteiger partial charge on any atom is -0.351 e. The Hall–Kier alpha value is -1.92. The Balaban J connectivity index is 1.73. The van der Waals surface area contributed by atoms with Gasteiger partial charge in [0.2, 0.25) is 0 Å². The summed E-state index contributed by atoms with van der Waals surface area (Å²) in [5.74, 6) is 0.195. The molecule has 0 unspecified atom stereocenters. The van der Waals surface area contributed by atoms with E-state index in [2.05, 4.69) is 30.5 Å². The third kappa shape index (κ3) is 6.14. The number of piperazine rings is 1. The fourth-order valence-corrected chi connectivity index (χ4v) is 3.17. The van der Waals surface area contributed by atoms with Crippen molar-refractivity contribution >= 4 is 17.5 Å². The number of hydrogen-bond donors (Lipinski definition) is 4. The molecule has 25 heavy (non-hydrogen) atoms. The second-order valence-corrected chi connectivity index (χ2v) is 7.00. The first-order chi connectivity index (χ1) is 12.0. The van der Waals surface area contributed by atoms with Crippen LogP contribution in [0, 0.1) is 13.8 Å². The van der Waals surface area contributed by atoms with Gasteiger partial charge in [0.15, 0.2) is 13.1 Å². The lowest BCUT2D eigenvalue weighted by molar-refractivity contribution is -1.00. The van der Waals surface area contributed by atoms with E-state index in [1.54, 1.807) is 0 Å². The number of anilines is 1. The maximum absolute atomic E-state index is 12.3. The molecule has 0 saturated carbocycles. The van der Waals surface area contributed by atoms with Gasteiger partial charge < -0.3 is 20.4 Å². The molecule has 138 valence electrons. The molecule has 2 rings (SSSR count). The monoisotopic (exact) mass is 348 g/mol. The molecular formula is C19H32N4O2+2.